The Hall–Kier alpha value is -1.46. The Labute approximate surface area is 106 Å². The third kappa shape index (κ3) is 2.45. The normalized spacial score (nSPS) is 10.3. The summed E-state index contributed by atoms with van der Waals surface area (Å²) in [6, 6.07) is 4.79. The predicted octanol–water partition coefficient (Wildman–Crippen LogP) is 3.85. The van der Waals surface area contributed by atoms with Crippen LogP contribution >= 0.6 is 22.9 Å². The van der Waals surface area contributed by atoms with Crippen LogP contribution in [-0.4, -0.2) is 11.3 Å². The number of carbonyl (C=O) groups is 1. The minimum Gasteiger partial charge on any atom is -0.428 e. The first kappa shape index (κ1) is 12.0. The number of thiazole rings is 1. The lowest BCUT2D eigenvalue weighted by atomic mass is 10.2. The largest absolute Gasteiger partial charge is 0.428 e. The number of benzene rings is 1. The molecule has 0 radical (unpaired) electrons. The molecule has 0 N–H and O–H groups in total. The second-order valence-corrected chi connectivity index (χ2v) is 4.59. The lowest BCUT2D eigenvalue weighted by molar-refractivity contribution is 0.112. The van der Waals surface area contributed by atoms with Crippen LogP contribution in [0.15, 0.2) is 18.2 Å². The lowest BCUT2D eigenvalue weighted by Crippen LogP contribution is -1.89. The number of rotatable bonds is 3. The first-order valence-corrected chi connectivity index (χ1v) is 5.85. The van der Waals surface area contributed by atoms with E-state index in [2.05, 4.69) is 4.98 Å². The summed E-state index contributed by atoms with van der Waals surface area (Å²) >= 11 is 6.65. The highest BCUT2D eigenvalue weighted by atomic mass is 35.5. The summed E-state index contributed by atoms with van der Waals surface area (Å²) in [5.74, 6) is -0.389. The van der Waals surface area contributed by atoms with Crippen LogP contribution in [-0.2, 0) is 0 Å². The van der Waals surface area contributed by atoms with Crippen molar-refractivity contribution in [1.29, 1.82) is 0 Å². The molecule has 2 aromatic rings. The van der Waals surface area contributed by atoms with Crippen molar-refractivity contribution in [1.82, 2.24) is 4.98 Å². The number of halogens is 2. The van der Waals surface area contributed by atoms with Crippen molar-refractivity contribution in [2.75, 3.05) is 0 Å². The SMILES string of the molecule is Cc1cccc(Oc2nc(Cl)c(C=O)s2)c1F. The Morgan fingerprint density at radius 1 is 1.53 bits per heavy atom. The van der Waals surface area contributed by atoms with Crippen molar-refractivity contribution < 1.29 is 13.9 Å². The Morgan fingerprint density at radius 3 is 2.94 bits per heavy atom. The summed E-state index contributed by atoms with van der Waals surface area (Å²) in [6.07, 6.45) is 0.583. The van der Waals surface area contributed by atoms with E-state index in [1.807, 2.05) is 0 Å². The molecule has 0 saturated heterocycles. The standard InChI is InChI=1S/C11H7ClFNO2S/c1-6-3-2-4-7(9(6)13)16-11-14-10(12)8(5-15)17-11/h2-5H,1H3. The number of aromatic nitrogens is 1. The van der Waals surface area contributed by atoms with Crippen molar-refractivity contribution in [3.8, 4) is 10.9 Å². The van der Waals surface area contributed by atoms with Crippen molar-refractivity contribution in [2.24, 2.45) is 0 Å². The molecule has 6 heteroatoms. The monoisotopic (exact) mass is 271 g/mol. The summed E-state index contributed by atoms with van der Waals surface area (Å²) in [4.78, 5) is 14.6. The van der Waals surface area contributed by atoms with Gasteiger partial charge in [0.25, 0.3) is 5.19 Å². The third-order valence-electron chi connectivity index (χ3n) is 2.05. The van der Waals surface area contributed by atoms with Gasteiger partial charge < -0.3 is 4.74 Å². The Morgan fingerprint density at radius 2 is 2.29 bits per heavy atom. The van der Waals surface area contributed by atoms with Crippen molar-refractivity contribution in [3.05, 3.63) is 39.6 Å². The zero-order valence-electron chi connectivity index (χ0n) is 8.74. The highest BCUT2D eigenvalue weighted by Gasteiger charge is 2.13. The van der Waals surface area contributed by atoms with E-state index >= 15 is 0 Å². The van der Waals surface area contributed by atoms with Gasteiger partial charge in [-0.25, -0.2) is 4.39 Å². The summed E-state index contributed by atoms with van der Waals surface area (Å²) in [6.45, 7) is 1.63. The molecule has 17 heavy (non-hydrogen) atoms. The average molecular weight is 272 g/mol. The molecular weight excluding hydrogens is 265 g/mol. The smallest absolute Gasteiger partial charge is 0.280 e. The maximum Gasteiger partial charge on any atom is 0.280 e. The van der Waals surface area contributed by atoms with E-state index in [4.69, 9.17) is 16.3 Å². The molecule has 88 valence electrons. The highest BCUT2D eigenvalue weighted by Crippen LogP contribution is 2.32. The van der Waals surface area contributed by atoms with E-state index in [0.29, 0.717) is 11.8 Å². The second kappa shape index (κ2) is 4.81. The van der Waals surface area contributed by atoms with Gasteiger partial charge in [-0.3, -0.25) is 4.79 Å². The van der Waals surface area contributed by atoms with Gasteiger partial charge in [0.1, 0.15) is 4.88 Å². The van der Waals surface area contributed by atoms with Gasteiger partial charge in [-0.1, -0.05) is 35.1 Å². The van der Waals surface area contributed by atoms with Gasteiger partial charge in [0, 0.05) is 0 Å². The summed E-state index contributed by atoms with van der Waals surface area (Å²) in [5, 5.41) is 0.203. The van der Waals surface area contributed by atoms with Gasteiger partial charge in [-0.05, 0) is 18.6 Å². The second-order valence-electron chi connectivity index (χ2n) is 3.24. The number of hydrogen-bond acceptors (Lipinski definition) is 4. The molecule has 0 bridgehead atoms. The van der Waals surface area contributed by atoms with Gasteiger partial charge in [0.2, 0.25) is 0 Å². The van der Waals surface area contributed by atoms with Crippen LogP contribution in [0, 0.1) is 12.7 Å². The minimum atomic E-state index is -0.452. The summed E-state index contributed by atoms with van der Waals surface area (Å²) in [7, 11) is 0. The number of ether oxygens (including phenoxy) is 1. The van der Waals surface area contributed by atoms with Crippen molar-refractivity contribution in [2.45, 2.75) is 6.92 Å². The van der Waals surface area contributed by atoms with Gasteiger partial charge in [-0.2, -0.15) is 4.98 Å². The molecule has 1 aromatic heterocycles. The van der Waals surface area contributed by atoms with Crippen LogP contribution in [0.2, 0.25) is 5.15 Å². The van der Waals surface area contributed by atoms with Gasteiger partial charge in [0.15, 0.2) is 23.0 Å². The number of nitrogens with zero attached hydrogens (tertiary/aromatic N) is 1. The van der Waals surface area contributed by atoms with Crippen molar-refractivity contribution >= 4 is 29.2 Å². The zero-order valence-corrected chi connectivity index (χ0v) is 10.3. The fraction of sp³-hybridized carbons (Fsp3) is 0.0909. The van der Waals surface area contributed by atoms with Crippen LogP contribution in [0.4, 0.5) is 4.39 Å². The van der Waals surface area contributed by atoms with E-state index in [0.717, 1.165) is 11.3 Å². The molecule has 0 aliphatic rings. The maximum atomic E-state index is 13.6. The molecular formula is C11H7ClFNO2S. The number of carbonyl (C=O) groups excluding carboxylic acids is 1. The summed E-state index contributed by atoms with van der Waals surface area (Å²) in [5.41, 5.74) is 0.473. The van der Waals surface area contributed by atoms with Crippen LogP contribution in [0.5, 0.6) is 10.9 Å². The molecule has 0 amide bonds. The fourth-order valence-electron chi connectivity index (χ4n) is 1.20. The Balaban J connectivity index is 2.31. The molecule has 0 aliphatic carbocycles. The van der Waals surface area contributed by atoms with Gasteiger partial charge in [-0.15, -0.1) is 0 Å². The number of hydrogen-bond donors (Lipinski definition) is 0. The molecule has 1 aromatic carbocycles. The highest BCUT2D eigenvalue weighted by molar-refractivity contribution is 7.15. The zero-order chi connectivity index (χ0) is 12.4. The first-order chi connectivity index (χ1) is 8.11. The van der Waals surface area contributed by atoms with Crippen molar-refractivity contribution in [3.63, 3.8) is 0 Å². The number of aryl methyl sites for hydroxylation is 1. The van der Waals surface area contributed by atoms with Crippen LogP contribution in [0.3, 0.4) is 0 Å². The third-order valence-corrected chi connectivity index (χ3v) is 3.31. The summed E-state index contributed by atoms with van der Waals surface area (Å²) < 4.78 is 18.9. The maximum absolute atomic E-state index is 13.6. The van der Waals surface area contributed by atoms with E-state index < -0.39 is 5.82 Å². The van der Waals surface area contributed by atoms with E-state index in [9.17, 15) is 9.18 Å². The Kier molecular flexibility index (Phi) is 3.40. The topological polar surface area (TPSA) is 39.2 Å². The predicted molar refractivity (Wildman–Crippen MR) is 63.7 cm³/mol. The molecule has 0 fully saturated rings. The Bertz CT molecular complexity index is 571. The van der Waals surface area contributed by atoms with E-state index in [1.165, 1.54) is 6.07 Å². The van der Waals surface area contributed by atoms with Crippen LogP contribution in [0.25, 0.3) is 0 Å². The lowest BCUT2D eigenvalue weighted by Gasteiger charge is -2.04. The molecule has 0 aliphatic heterocycles. The quantitative estimate of drug-likeness (QED) is 0.796. The van der Waals surface area contributed by atoms with Crippen LogP contribution in [0.1, 0.15) is 15.2 Å². The van der Waals surface area contributed by atoms with Crippen LogP contribution < -0.4 is 4.74 Å². The molecule has 1 heterocycles. The molecule has 0 atom stereocenters. The van der Waals surface area contributed by atoms with E-state index in [1.54, 1.807) is 19.1 Å². The fourth-order valence-corrected chi connectivity index (χ4v) is 2.13. The molecule has 0 unspecified atom stereocenters. The minimum absolute atomic E-state index is 0.0628. The molecule has 0 spiro atoms. The number of aldehydes is 1. The molecule has 2 rings (SSSR count). The molecule has 0 saturated carbocycles. The van der Waals surface area contributed by atoms with E-state index in [-0.39, 0.29) is 21.0 Å². The molecule has 3 nitrogen and oxygen atoms in total. The van der Waals surface area contributed by atoms with Gasteiger partial charge in [0.05, 0.1) is 0 Å². The average Bonchev–Trinajstić information content (AvgIpc) is 2.65. The first-order valence-electron chi connectivity index (χ1n) is 4.66. The van der Waals surface area contributed by atoms with Gasteiger partial charge >= 0.3 is 0 Å².